The molecule has 0 bridgehead atoms. The molecule has 0 saturated heterocycles. The number of nitrogens with zero attached hydrogens (tertiary/aromatic N) is 4. The Morgan fingerprint density at radius 2 is 1.88 bits per heavy atom. The molecule has 0 spiro atoms. The molecule has 0 fully saturated rings. The summed E-state index contributed by atoms with van der Waals surface area (Å²) in [5.74, 6) is 1.43. The third-order valence-corrected chi connectivity index (χ3v) is 5.59. The standard InChI is InChI=1S/C18H23ClN6S2.C6H6/c1-3-4-16(13-21-2)27-24-18(22-10-12-26-20)25-11-9-17(23-25)14-5-7-15(19)8-6-14;1-2-4-6-5-3-1/h3-8,13H,1,9-12,20H2,2H3,(H,22,24);1-6H/b16-4+,21-13?;. The summed E-state index contributed by atoms with van der Waals surface area (Å²) in [5, 5.41) is 12.8. The fourth-order valence-corrected chi connectivity index (χ4v) is 3.69. The number of hydrogen-bond acceptors (Lipinski definition) is 6. The van der Waals surface area contributed by atoms with E-state index in [2.05, 4.69) is 21.3 Å². The highest BCUT2D eigenvalue weighted by atomic mass is 35.5. The minimum absolute atomic E-state index is 0.606. The minimum atomic E-state index is 0.606. The van der Waals surface area contributed by atoms with Gasteiger partial charge in [-0.25, -0.2) is 10.0 Å². The highest BCUT2D eigenvalue weighted by Gasteiger charge is 2.20. The summed E-state index contributed by atoms with van der Waals surface area (Å²) >= 11 is 8.66. The maximum Gasteiger partial charge on any atom is 0.225 e. The van der Waals surface area contributed by atoms with Crippen molar-refractivity contribution in [2.75, 3.05) is 25.9 Å². The number of benzene rings is 2. The van der Waals surface area contributed by atoms with E-state index in [-0.39, 0.29) is 0 Å². The fourth-order valence-electron chi connectivity index (χ4n) is 2.66. The van der Waals surface area contributed by atoms with Gasteiger partial charge in [-0.05, 0) is 35.7 Å². The van der Waals surface area contributed by atoms with Gasteiger partial charge in [-0.2, -0.15) is 5.10 Å². The van der Waals surface area contributed by atoms with Gasteiger partial charge in [-0.3, -0.25) is 14.9 Å². The van der Waals surface area contributed by atoms with Gasteiger partial charge in [0.15, 0.2) is 0 Å². The van der Waals surface area contributed by atoms with Gasteiger partial charge in [-0.15, -0.1) is 0 Å². The molecule has 0 saturated carbocycles. The van der Waals surface area contributed by atoms with Gasteiger partial charge in [0, 0.05) is 35.4 Å². The molecular weight excluding hydrogens is 472 g/mol. The summed E-state index contributed by atoms with van der Waals surface area (Å²) in [6, 6.07) is 19.7. The SMILES string of the molecule is C=C/C=C(\C=NC)SNC(=NCCSN)N1CCC(c2ccc(Cl)cc2)=N1.c1ccccc1. The van der Waals surface area contributed by atoms with Crippen molar-refractivity contribution in [3.8, 4) is 0 Å². The molecule has 9 heteroatoms. The van der Waals surface area contributed by atoms with Crippen molar-refractivity contribution in [3.63, 3.8) is 0 Å². The number of hydrazone groups is 1. The largest absolute Gasteiger partial charge is 0.295 e. The number of nitrogens with one attached hydrogen (secondary N) is 1. The van der Waals surface area contributed by atoms with Gasteiger partial charge < -0.3 is 0 Å². The quantitative estimate of drug-likeness (QED) is 0.167. The first-order valence-electron chi connectivity index (χ1n) is 10.3. The number of aliphatic imine (C=N–C) groups is 2. The van der Waals surface area contributed by atoms with Gasteiger partial charge in [0.2, 0.25) is 5.96 Å². The molecular formula is C24H29ClN6S2. The maximum atomic E-state index is 5.97. The van der Waals surface area contributed by atoms with Crippen molar-refractivity contribution < 1.29 is 0 Å². The van der Waals surface area contributed by atoms with Gasteiger partial charge in [0.25, 0.3) is 0 Å². The van der Waals surface area contributed by atoms with E-state index in [1.807, 2.05) is 71.7 Å². The third kappa shape index (κ3) is 10.3. The molecule has 3 N–H and O–H groups in total. The Bertz CT molecular complexity index is 932. The molecule has 2 aromatic rings. The van der Waals surface area contributed by atoms with Crippen LogP contribution < -0.4 is 9.86 Å². The van der Waals surface area contributed by atoms with Gasteiger partial charge >= 0.3 is 0 Å². The molecule has 33 heavy (non-hydrogen) atoms. The molecule has 0 atom stereocenters. The molecule has 0 amide bonds. The zero-order valence-electron chi connectivity index (χ0n) is 18.6. The molecule has 1 aliphatic heterocycles. The van der Waals surface area contributed by atoms with Crippen molar-refractivity contribution in [1.29, 1.82) is 0 Å². The van der Waals surface area contributed by atoms with Crippen LogP contribution in [0.3, 0.4) is 0 Å². The number of nitrogens with two attached hydrogens (primary N) is 1. The molecule has 0 unspecified atom stereocenters. The zero-order valence-corrected chi connectivity index (χ0v) is 21.0. The number of rotatable bonds is 8. The summed E-state index contributed by atoms with van der Waals surface area (Å²) in [7, 11) is 1.73. The molecule has 1 heterocycles. The predicted molar refractivity (Wildman–Crippen MR) is 148 cm³/mol. The third-order valence-electron chi connectivity index (χ3n) is 4.16. The highest BCUT2D eigenvalue weighted by molar-refractivity contribution is 8.02. The van der Waals surface area contributed by atoms with Crippen LogP contribution in [-0.2, 0) is 0 Å². The van der Waals surface area contributed by atoms with Gasteiger partial charge in [0.05, 0.1) is 18.8 Å². The normalized spacial score (nSPS) is 14.0. The minimum Gasteiger partial charge on any atom is -0.295 e. The topological polar surface area (TPSA) is 78.4 Å². The zero-order chi connectivity index (χ0) is 23.7. The number of halogens is 1. The van der Waals surface area contributed by atoms with Crippen molar-refractivity contribution in [3.05, 3.63) is 94.9 Å². The van der Waals surface area contributed by atoms with Crippen LogP contribution in [0.15, 0.2) is 99.4 Å². The number of hydrogen-bond donors (Lipinski definition) is 2. The Hall–Kier alpha value is -2.52. The van der Waals surface area contributed by atoms with E-state index in [1.54, 1.807) is 19.3 Å². The lowest BCUT2D eigenvalue weighted by molar-refractivity contribution is 0.479. The molecule has 174 valence electrons. The summed E-state index contributed by atoms with van der Waals surface area (Å²) in [5.41, 5.74) is 2.08. The first-order valence-corrected chi connectivity index (χ1v) is 12.6. The molecule has 6 nitrogen and oxygen atoms in total. The number of guanidine groups is 1. The lowest BCUT2D eigenvalue weighted by Gasteiger charge is -2.17. The second kappa shape index (κ2) is 16.1. The van der Waals surface area contributed by atoms with Crippen LogP contribution in [0.1, 0.15) is 12.0 Å². The van der Waals surface area contributed by atoms with Crippen LogP contribution in [0, 0.1) is 0 Å². The van der Waals surface area contributed by atoms with Crippen LogP contribution in [0.4, 0.5) is 0 Å². The van der Waals surface area contributed by atoms with Gasteiger partial charge in [-0.1, -0.05) is 84.7 Å². The van der Waals surface area contributed by atoms with E-state index in [9.17, 15) is 0 Å². The van der Waals surface area contributed by atoms with Crippen molar-refractivity contribution >= 4 is 53.4 Å². The van der Waals surface area contributed by atoms with Crippen molar-refractivity contribution in [2.45, 2.75) is 6.42 Å². The van der Waals surface area contributed by atoms with E-state index in [1.165, 1.54) is 23.9 Å². The van der Waals surface area contributed by atoms with Crippen molar-refractivity contribution in [1.82, 2.24) is 9.73 Å². The summed E-state index contributed by atoms with van der Waals surface area (Å²) in [4.78, 5) is 9.59. The highest BCUT2D eigenvalue weighted by Crippen LogP contribution is 2.18. The first kappa shape index (κ1) is 26.7. The van der Waals surface area contributed by atoms with E-state index in [0.29, 0.717) is 17.5 Å². The molecule has 2 aromatic carbocycles. The van der Waals surface area contributed by atoms with Crippen LogP contribution in [0.2, 0.25) is 5.02 Å². The predicted octanol–water partition coefficient (Wildman–Crippen LogP) is 5.41. The Kier molecular flexibility index (Phi) is 13.1. The van der Waals surface area contributed by atoms with E-state index in [4.69, 9.17) is 21.8 Å². The fraction of sp³-hybridized carbons (Fsp3) is 0.208. The van der Waals surface area contributed by atoms with E-state index >= 15 is 0 Å². The summed E-state index contributed by atoms with van der Waals surface area (Å²) in [6.07, 6.45) is 6.20. The summed E-state index contributed by atoms with van der Waals surface area (Å²) in [6.45, 7) is 5.09. The summed E-state index contributed by atoms with van der Waals surface area (Å²) < 4.78 is 3.28. The molecule has 3 rings (SSSR count). The lowest BCUT2D eigenvalue weighted by Crippen LogP contribution is -2.33. The van der Waals surface area contributed by atoms with Crippen LogP contribution in [-0.4, -0.2) is 48.8 Å². The molecule has 1 aliphatic rings. The molecule has 0 aromatic heterocycles. The Labute approximate surface area is 210 Å². The maximum absolute atomic E-state index is 5.97. The van der Waals surface area contributed by atoms with Gasteiger partial charge in [0.1, 0.15) is 0 Å². The Morgan fingerprint density at radius 1 is 1.21 bits per heavy atom. The average molecular weight is 501 g/mol. The van der Waals surface area contributed by atoms with Crippen LogP contribution >= 0.6 is 35.5 Å². The monoisotopic (exact) mass is 500 g/mol. The first-order chi connectivity index (χ1) is 16.2. The average Bonchev–Trinajstić information content (AvgIpc) is 3.33. The second-order valence-electron chi connectivity index (χ2n) is 6.55. The Balaban J connectivity index is 0.000000554. The smallest absolute Gasteiger partial charge is 0.225 e. The molecule has 0 radical (unpaired) electrons. The number of allylic oxidation sites excluding steroid dienone is 3. The lowest BCUT2D eigenvalue weighted by atomic mass is 10.1. The van der Waals surface area contributed by atoms with Crippen LogP contribution in [0.25, 0.3) is 0 Å². The van der Waals surface area contributed by atoms with Crippen LogP contribution in [0.5, 0.6) is 0 Å². The van der Waals surface area contributed by atoms with E-state index < -0.39 is 0 Å². The van der Waals surface area contributed by atoms with Crippen molar-refractivity contribution in [2.24, 2.45) is 20.2 Å². The van der Waals surface area contributed by atoms with E-state index in [0.717, 1.165) is 34.9 Å². The Morgan fingerprint density at radius 3 is 2.45 bits per heavy atom. The second-order valence-corrected chi connectivity index (χ2v) is 8.61. The molecule has 0 aliphatic carbocycles.